The predicted octanol–water partition coefficient (Wildman–Crippen LogP) is 4.37. The standard InChI is InChI=1S/C15H9BrF2N2O2/c16-11-8-10(20-15(21)5-6-19)2-4-13(11)22-14-3-1-9(17)7-12(14)18/h1-4,7-8H,5H2,(H,20,21). The lowest BCUT2D eigenvalue weighted by atomic mass is 10.3. The first-order valence-electron chi connectivity index (χ1n) is 6.09. The van der Waals surface area contributed by atoms with Crippen molar-refractivity contribution in [1.82, 2.24) is 0 Å². The molecule has 2 aromatic rings. The van der Waals surface area contributed by atoms with E-state index in [-0.39, 0.29) is 12.2 Å². The van der Waals surface area contributed by atoms with Gasteiger partial charge in [-0.05, 0) is 46.3 Å². The van der Waals surface area contributed by atoms with Gasteiger partial charge in [0.15, 0.2) is 11.6 Å². The van der Waals surface area contributed by atoms with E-state index in [9.17, 15) is 13.6 Å². The number of nitrogens with one attached hydrogen (secondary N) is 1. The van der Waals surface area contributed by atoms with Crippen LogP contribution in [-0.2, 0) is 4.79 Å². The highest BCUT2D eigenvalue weighted by molar-refractivity contribution is 9.10. The highest BCUT2D eigenvalue weighted by atomic mass is 79.9. The van der Waals surface area contributed by atoms with Gasteiger partial charge in [0, 0.05) is 11.8 Å². The largest absolute Gasteiger partial charge is 0.453 e. The molecule has 7 heteroatoms. The Bertz CT molecular complexity index is 760. The fourth-order valence-corrected chi connectivity index (χ4v) is 2.07. The van der Waals surface area contributed by atoms with E-state index >= 15 is 0 Å². The molecule has 1 amide bonds. The normalized spacial score (nSPS) is 9.91. The maximum atomic E-state index is 13.5. The summed E-state index contributed by atoms with van der Waals surface area (Å²) < 4.78 is 32.2. The molecule has 22 heavy (non-hydrogen) atoms. The van der Waals surface area contributed by atoms with Gasteiger partial charge in [-0.25, -0.2) is 8.78 Å². The average molecular weight is 367 g/mol. The summed E-state index contributed by atoms with van der Waals surface area (Å²) in [7, 11) is 0. The number of hydrogen-bond donors (Lipinski definition) is 1. The van der Waals surface area contributed by atoms with E-state index < -0.39 is 17.5 Å². The minimum atomic E-state index is -0.821. The van der Waals surface area contributed by atoms with Gasteiger partial charge in [-0.15, -0.1) is 0 Å². The topological polar surface area (TPSA) is 62.1 Å². The number of nitriles is 1. The second-order valence-corrected chi connectivity index (χ2v) is 5.06. The minimum Gasteiger partial charge on any atom is -0.453 e. The molecule has 1 N–H and O–H groups in total. The lowest BCUT2D eigenvalue weighted by Crippen LogP contribution is -2.09. The van der Waals surface area contributed by atoms with Gasteiger partial charge in [-0.2, -0.15) is 5.26 Å². The Hall–Kier alpha value is -2.46. The van der Waals surface area contributed by atoms with Gasteiger partial charge in [-0.1, -0.05) is 0 Å². The van der Waals surface area contributed by atoms with Gasteiger partial charge in [-0.3, -0.25) is 4.79 Å². The molecule has 0 saturated heterocycles. The summed E-state index contributed by atoms with van der Waals surface area (Å²) in [4.78, 5) is 11.3. The number of carbonyl (C=O) groups excluding carboxylic acids is 1. The summed E-state index contributed by atoms with van der Waals surface area (Å²) in [6, 6.07) is 9.32. The first kappa shape index (κ1) is 15.9. The van der Waals surface area contributed by atoms with E-state index in [1.54, 1.807) is 12.1 Å². The van der Waals surface area contributed by atoms with Crippen molar-refractivity contribution in [2.24, 2.45) is 0 Å². The lowest BCUT2D eigenvalue weighted by Gasteiger charge is -2.10. The molecule has 0 radical (unpaired) electrons. The Balaban J connectivity index is 2.16. The number of amides is 1. The highest BCUT2D eigenvalue weighted by Crippen LogP contribution is 2.33. The van der Waals surface area contributed by atoms with E-state index in [2.05, 4.69) is 21.2 Å². The second kappa shape index (κ2) is 7.00. The number of hydrogen-bond acceptors (Lipinski definition) is 3. The van der Waals surface area contributed by atoms with Gasteiger partial charge in [0.1, 0.15) is 18.0 Å². The summed E-state index contributed by atoms with van der Waals surface area (Å²) in [5.74, 6) is -1.78. The van der Waals surface area contributed by atoms with Crippen molar-refractivity contribution in [2.45, 2.75) is 6.42 Å². The number of nitrogens with zero attached hydrogens (tertiary/aromatic N) is 1. The summed E-state index contributed by atoms with van der Waals surface area (Å²) in [5.41, 5.74) is 0.457. The van der Waals surface area contributed by atoms with Gasteiger partial charge in [0.2, 0.25) is 5.91 Å². The van der Waals surface area contributed by atoms with Crippen molar-refractivity contribution in [3.63, 3.8) is 0 Å². The van der Waals surface area contributed by atoms with E-state index in [0.717, 1.165) is 12.1 Å². The lowest BCUT2D eigenvalue weighted by molar-refractivity contribution is -0.115. The predicted molar refractivity (Wildman–Crippen MR) is 79.4 cm³/mol. The Kier molecular flexibility index (Phi) is 5.07. The number of anilines is 1. The molecule has 0 spiro atoms. The van der Waals surface area contributed by atoms with Crippen molar-refractivity contribution in [3.05, 3.63) is 52.5 Å². The Morgan fingerprint density at radius 2 is 1.95 bits per heavy atom. The van der Waals surface area contributed by atoms with Gasteiger partial charge >= 0.3 is 0 Å². The van der Waals surface area contributed by atoms with Gasteiger partial charge in [0.05, 0.1) is 10.5 Å². The molecule has 0 unspecified atom stereocenters. The van der Waals surface area contributed by atoms with Crippen LogP contribution >= 0.6 is 15.9 Å². The zero-order chi connectivity index (χ0) is 16.1. The van der Waals surface area contributed by atoms with Gasteiger partial charge in [0.25, 0.3) is 0 Å². The van der Waals surface area contributed by atoms with Crippen LogP contribution in [0.2, 0.25) is 0 Å². The van der Waals surface area contributed by atoms with Crippen LogP contribution in [0.1, 0.15) is 6.42 Å². The molecule has 0 aliphatic carbocycles. The zero-order valence-corrected chi connectivity index (χ0v) is 12.7. The molecule has 112 valence electrons. The van der Waals surface area contributed by atoms with Gasteiger partial charge < -0.3 is 10.1 Å². The fourth-order valence-electron chi connectivity index (χ4n) is 1.61. The number of carbonyl (C=O) groups is 1. The molecular weight excluding hydrogens is 358 g/mol. The molecule has 2 rings (SSSR count). The summed E-state index contributed by atoms with van der Waals surface area (Å²) >= 11 is 3.23. The van der Waals surface area contributed by atoms with Crippen LogP contribution in [-0.4, -0.2) is 5.91 Å². The monoisotopic (exact) mass is 366 g/mol. The molecule has 0 aromatic heterocycles. The smallest absolute Gasteiger partial charge is 0.238 e. The van der Waals surface area contributed by atoms with Crippen molar-refractivity contribution >= 4 is 27.5 Å². The third kappa shape index (κ3) is 4.02. The average Bonchev–Trinajstić information content (AvgIpc) is 2.44. The zero-order valence-electron chi connectivity index (χ0n) is 11.1. The molecule has 2 aromatic carbocycles. The number of halogens is 3. The molecule has 0 atom stereocenters. The van der Waals surface area contributed by atoms with E-state index in [1.165, 1.54) is 18.2 Å². The van der Waals surface area contributed by atoms with Crippen molar-refractivity contribution in [3.8, 4) is 17.6 Å². The summed E-state index contributed by atoms with van der Waals surface area (Å²) in [6.07, 6.45) is -0.253. The molecule has 0 aliphatic rings. The molecule has 0 bridgehead atoms. The SMILES string of the molecule is N#CCC(=O)Nc1ccc(Oc2ccc(F)cc2F)c(Br)c1. The molecule has 0 heterocycles. The Labute approximate surface area is 133 Å². The first-order valence-corrected chi connectivity index (χ1v) is 6.88. The third-order valence-corrected chi connectivity index (χ3v) is 3.19. The summed E-state index contributed by atoms with van der Waals surface area (Å²) in [5, 5.41) is 10.9. The fraction of sp³-hybridized carbons (Fsp3) is 0.0667. The van der Waals surface area contributed by atoms with Crippen molar-refractivity contribution in [1.29, 1.82) is 5.26 Å². The summed E-state index contributed by atoms with van der Waals surface area (Å²) in [6.45, 7) is 0. The second-order valence-electron chi connectivity index (χ2n) is 4.21. The van der Waals surface area contributed by atoms with Crippen LogP contribution < -0.4 is 10.1 Å². The molecule has 4 nitrogen and oxygen atoms in total. The third-order valence-electron chi connectivity index (χ3n) is 2.57. The quantitative estimate of drug-likeness (QED) is 0.873. The van der Waals surface area contributed by atoms with Crippen molar-refractivity contribution in [2.75, 3.05) is 5.32 Å². The van der Waals surface area contributed by atoms with Crippen LogP contribution in [0.15, 0.2) is 40.9 Å². The van der Waals surface area contributed by atoms with E-state index in [4.69, 9.17) is 10.00 Å². The maximum absolute atomic E-state index is 13.5. The maximum Gasteiger partial charge on any atom is 0.238 e. The Morgan fingerprint density at radius 3 is 2.59 bits per heavy atom. The Morgan fingerprint density at radius 1 is 1.23 bits per heavy atom. The van der Waals surface area contributed by atoms with Crippen LogP contribution in [0.3, 0.4) is 0 Å². The number of rotatable bonds is 4. The molecule has 0 fully saturated rings. The molecule has 0 saturated carbocycles. The molecule has 0 aliphatic heterocycles. The van der Waals surface area contributed by atoms with Crippen molar-refractivity contribution < 1.29 is 18.3 Å². The van der Waals surface area contributed by atoms with Crippen LogP contribution in [0.4, 0.5) is 14.5 Å². The molecular formula is C15H9BrF2N2O2. The van der Waals surface area contributed by atoms with Crippen LogP contribution in [0.5, 0.6) is 11.5 Å². The number of benzene rings is 2. The number of ether oxygens (including phenoxy) is 1. The highest BCUT2D eigenvalue weighted by Gasteiger charge is 2.10. The van der Waals surface area contributed by atoms with Crippen LogP contribution in [0, 0.1) is 23.0 Å². The van der Waals surface area contributed by atoms with E-state index in [1.807, 2.05) is 0 Å². The first-order chi connectivity index (χ1) is 10.5. The minimum absolute atomic E-state index is 0.122. The van der Waals surface area contributed by atoms with E-state index in [0.29, 0.717) is 15.9 Å². The van der Waals surface area contributed by atoms with Crippen LogP contribution in [0.25, 0.3) is 0 Å².